The van der Waals surface area contributed by atoms with Gasteiger partial charge in [-0.05, 0) is 38.3 Å². The van der Waals surface area contributed by atoms with Crippen LogP contribution in [0, 0.1) is 0 Å². The molecule has 0 amide bonds. The van der Waals surface area contributed by atoms with E-state index in [1.54, 1.807) is 13.2 Å². The Balaban J connectivity index is 2.85. The molecule has 0 aliphatic rings. The Labute approximate surface area is 150 Å². The predicted octanol–water partition coefficient (Wildman–Crippen LogP) is 2.83. The Morgan fingerprint density at radius 3 is 2.84 bits per heavy atom. The van der Waals surface area contributed by atoms with Crippen molar-refractivity contribution in [2.75, 3.05) is 31.3 Å². The standard InChI is InChI=1S/C18H31N5O2/c1-5-6-7-15(8-9-24)22-17-16(11-21-18(19)23-17)25-12-13(2)10-14(3)20-4/h10-11,15,24H,5-9,12H2,1-4H3,(H3,19,21,22,23)/b13-10+,20-14?. The summed E-state index contributed by atoms with van der Waals surface area (Å²) in [6.45, 7) is 6.60. The van der Waals surface area contributed by atoms with Gasteiger partial charge < -0.3 is 20.9 Å². The minimum Gasteiger partial charge on any atom is -0.484 e. The van der Waals surface area contributed by atoms with E-state index in [-0.39, 0.29) is 18.6 Å². The van der Waals surface area contributed by atoms with Gasteiger partial charge in [-0.3, -0.25) is 4.99 Å². The van der Waals surface area contributed by atoms with Crippen molar-refractivity contribution < 1.29 is 9.84 Å². The molecule has 1 aromatic heterocycles. The number of aliphatic hydroxyl groups excluding tert-OH is 1. The number of nitrogens with zero attached hydrogens (tertiary/aromatic N) is 3. The van der Waals surface area contributed by atoms with Crippen LogP contribution in [0.5, 0.6) is 5.75 Å². The molecule has 1 heterocycles. The topological polar surface area (TPSA) is 106 Å². The second-order valence-electron chi connectivity index (χ2n) is 6.08. The molecule has 7 heteroatoms. The Hall–Kier alpha value is -2.15. The van der Waals surface area contributed by atoms with E-state index >= 15 is 0 Å². The summed E-state index contributed by atoms with van der Waals surface area (Å²) in [6.07, 6.45) is 7.32. The number of rotatable bonds is 11. The number of aromatic nitrogens is 2. The fourth-order valence-corrected chi connectivity index (χ4v) is 2.34. The maximum atomic E-state index is 9.27. The van der Waals surface area contributed by atoms with E-state index in [0.29, 0.717) is 24.6 Å². The van der Waals surface area contributed by atoms with Crippen molar-refractivity contribution >= 4 is 17.5 Å². The van der Waals surface area contributed by atoms with E-state index < -0.39 is 0 Å². The molecular formula is C18H31N5O2. The summed E-state index contributed by atoms with van der Waals surface area (Å²) < 4.78 is 5.85. The zero-order valence-electron chi connectivity index (χ0n) is 15.7. The molecule has 0 bridgehead atoms. The molecule has 0 fully saturated rings. The maximum Gasteiger partial charge on any atom is 0.222 e. The zero-order valence-corrected chi connectivity index (χ0v) is 15.7. The van der Waals surface area contributed by atoms with E-state index in [0.717, 1.165) is 30.5 Å². The zero-order chi connectivity index (χ0) is 18.7. The monoisotopic (exact) mass is 349 g/mol. The first-order valence-corrected chi connectivity index (χ1v) is 8.73. The van der Waals surface area contributed by atoms with Crippen LogP contribution >= 0.6 is 0 Å². The second-order valence-corrected chi connectivity index (χ2v) is 6.08. The summed E-state index contributed by atoms with van der Waals surface area (Å²) in [6, 6.07) is 0.118. The average Bonchev–Trinajstić information content (AvgIpc) is 2.59. The third kappa shape index (κ3) is 7.98. The molecule has 0 aromatic carbocycles. The van der Waals surface area contributed by atoms with E-state index in [9.17, 15) is 5.11 Å². The number of hydrogen-bond acceptors (Lipinski definition) is 7. The van der Waals surface area contributed by atoms with E-state index in [2.05, 4.69) is 27.2 Å². The lowest BCUT2D eigenvalue weighted by Crippen LogP contribution is -2.22. The highest BCUT2D eigenvalue weighted by Gasteiger charge is 2.14. The normalized spacial score (nSPS) is 13.6. The van der Waals surface area contributed by atoms with Crippen molar-refractivity contribution in [2.45, 2.75) is 52.5 Å². The number of anilines is 2. The van der Waals surface area contributed by atoms with E-state index in [1.165, 1.54) is 0 Å². The van der Waals surface area contributed by atoms with Gasteiger partial charge in [-0.15, -0.1) is 0 Å². The van der Waals surface area contributed by atoms with Crippen LogP contribution in [-0.2, 0) is 0 Å². The molecule has 0 saturated carbocycles. The minimum atomic E-state index is 0.118. The van der Waals surface area contributed by atoms with Crippen LogP contribution in [0.25, 0.3) is 0 Å². The lowest BCUT2D eigenvalue weighted by Gasteiger charge is -2.20. The molecule has 1 aromatic rings. The van der Waals surface area contributed by atoms with Gasteiger partial charge in [0.05, 0.1) is 6.20 Å². The number of nitrogens with one attached hydrogen (secondary N) is 1. The van der Waals surface area contributed by atoms with Crippen LogP contribution < -0.4 is 15.8 Å². The van der Waals surface area contributed by atoms with E-state index in [4.69, 9.17) is 10.5 Å². The third-order valence-corrected chi connectivity index (χ3v) is 3.76. The Bertz CT molecular complexity index is 587. The largest absolute Gasteiger partial charge is 0.484 e. The predicted molar refractivity (Wildman–Crippen MR) is 103 cm³/mol. The molecule has 7 nitrogen and oxygen atoms in total. The first kappa shape index (κ1) is 20.9. The average molecular weight is 349 g/mol. The molecule has 0 aliphatic carbocycles. The number of aliphatic imine (C=N–C) groups is 1. The highest BCUT2D eigenvalue weighted by atomic mass is 16.5. The van der Waals surface area contributed by atoms with Crippen molar-refractivity contribution in [2.24, 2.45) is 4.99 Å². The van der Waals surface area contributed by atoms with E-state index in [1.807, 2.05) is 19.9 Å². The van der Waals surface area contributed by atoms with Crippen LogP contribution in [0.15, 0.2) is 22.8 Å². The number of ether oxygens (including phenoxy) is 1. The van der Waals surface area contributed by atoms with Gasteiger partial charge >= 0.3 is 0 Å². The molecule has 0 spiro atoms. The van der Waals surface area contributed by atoms with Crippen molar-refractivity contribution in [3.8, 4) is 5.75 Å². The number of nitrogens with two attached hydrogens (primary N) is 1. The quantitative estimate of drug-likeness (QED) is 0.531. The molecule has 0 radical (unpaired) electrons. The summed E-state index contributed by atoms with van der Waals surface area (Å²) in [5, 5.41) is 12.6. The first-order valence-electron chi connectivity index (χ1n) is 8.73. The first-order chi connectivity index (χ1) is 12.0. The number of allylic oxidation sites excluding steroid dienone is 1. The van der Waals surface area contributed by atoms with Crippen LogP contribution in [0.3, 0.4) is 0 Å². The SMILES string of the molecule is CCCCC(CCO)Nc1nc(N)ncc1OC/C(C)=C/C(C)=NC. The van der Waals surface area contributed by atoms with Gasteiger partial charge in [0.1, 0.15) is 6.61 Å². The molecule has 1 unspecified atom stereocenters. The molecular weight excluding hydrogens is 318 g/mol. The molecule has 1 rings (SSSR count). The lowest BCUT2D eigenvalue weighted by atomic mass is 10.1. The van der Waals surface area contributed by atoms with Gasteiger partial charge in [0.15, 0.2) is 11.6 Å². The molecule has 4 N–H and O–H groups in total. The van der Waals surface area contributed by atoms with Crippen molar-refractivity contribution in [3.63, 3.8) is 0 Å². The molecule has 140 valence electrons. The highest BCUT2D eigenvalue weighted by Crippen LogP contribution is 2.24. The van der Waals surface area contributed by atoms with Gasteiger partial charge in [0, 0.05) is 25.4 Å². The van der Waals surface area contributed by atoms with Crippen LogP contribution in [0.4, 0.5) is 11.8 Å². The summed E-state index contributed by atoms with van der Waals surface area (Å²) in [4.78, 5) is 12.4. The number of unbranched alkanes of at least 4 members (excludes halogenated alkanes) is 1. The fourth-order valence-electron chi connectivity index (χ4n) is 2.34. The second kappa shape index (κ2) is 11.4. The fraction of sp³-hybridized carbons (Fsp3) is 0.611. The van der Waals surface area contributed by atoms with Gasteiger partial charge in [-0.2, -0.15) is 4.98 Å². The molecule has 0 aliphatic heterocycles. The van der Waals surface area contributed by atoms with Crippen LogP contribution in [-0.4, -0.2) is 47.1 Å². The van der Waals surface area contributed by atoms with Crippen molar-refractivity contribution in [1.29, 1.82) is 0 Å². The summed E-state index contributed by atoms with van der Waals surface area (Å²) >= 11 is 0. The number of hydrogen-bond donors (Lipinski definition) is 3. The van der Waals surface area contributed by atoms with Crippen LogP contribution in [0.2, 0.25) is 0 Å². The number of aliphatic hydroxyl groups is 1. The third-order valence-electron chi connectivity index (χ3n) is 3.76. The van der Waals surface area contributed by atoms with Gasteiger partial charge in [-0.1, -0.05) is 19.8 Å². The number of nitrogen functional groups attached to an aromatic ring is 1. The Morgan fingerprint density at radius 1 is 1.44 bits per heavy atom. The molecule has 25 heavy (non-hydrogen) atoms. The summed E-state index contributed by atoms with van der Waals surface area (Å²) in [5.74, 6) is 1.30. The van der Waals surface area contributed by atoms with Crippen molar-refractivity contribution in [1.82, 2.24) is 9.97 Å². The molecule has 1 atom stereocenters. The van der Waals surface area contributed by atoms with Crippen LogP contribution in [0.1, 0.15) is 46.5 Å². The summed E-state index contributed by atoms with van der Waals surface area (Å²) in [5.41, 5.74) is 7.71. The summed E-state index contributed by atoms with van der Waals surface area (Å²) in [7, 11) is 1.76. The van der Waals surface area contributed by atoms with Gasteiger partial charge in [0.25, 0.3) is 0 Å². The Kier molecular flexibility index (Phi) is 9.54. The molecule has 0 saturated heterocycles. The lowest BCUT2D eigenvalue weighted by molar-refractivity contribution is 0.275. The minimum absolute atomic E-state index is 0.118. The van der Waals surface area contributed by atoms with Gasteiger partial charge in [-0.25, -0.2) is 4.98 Å². The smallest absolute Gasteiger partial charge is 0.222 e. The highest BCUT2D eigenvalue weighted by molar-refractivity contribution is 5.93. The van der Waals surface area contributed by atoms with Crippen molar-refractivity contribution in [3.05, 3.63) is 17.8 Å². The maximum absolute atomic E-state index is 9.27. The Morgan fingerprint density at radius 2 is 2.20 bits per heavy atom. The van der Waals surface area contributed by atoms with Gasteiger partial charge in [0.2, 0.25) is 5.95 Å².